The predicted octanol–water partition coefficient (Wildman–Crippen LogP) is 5.48. The number of rotatable bonds is 3. The van der Waals surface area contributed by atoms with Gasteiger partial charge in [0.25, 0.3) is 12.0 Å². The van der Waals surface area contributed by atoms with E-state index in [2.05, 4.69) is 0 Å². The fraction of sp³-hybridized carbons (Fsp3) is 0.263. The minimum Gasteiger partial charge on any atom is -0.506 e. The van der Waals surface area contributed by atoms with Gasteiger partial charge < -0.3 is 17.1 Å². The van der Waals surface area contributed by atoms with Crippen LogP contribution in [0, 0.1) is 14.4 Å². The molecule has 0 amide bonds. The Morgan fingerprint density at radius 3 is 2.38 bits per heavy atom. The van der Waals surface area contributed by atoms with E-state index in [0.717, 1.165) is 10.1 Å². The maximum atomic E-state index is 12.8. The van der Waals surface area contributed by atoms with Crippen LogP contribution in [-0.4, -0.2) is 16.1 Å². The van der Waals surface area contributed by atoms with Crippen molar-refractivity contribution in [2.45, 2.75) is 33.7 Å². The Kier molecular flexibility index (Phi) is 10.4. The van der Waals surface area contributed by atoms with Crippen LogP contribution in [0.3, 0.4) is 0 Å². The Bertz CT molecular complexity index is 906. The first kappa shape index (κ1) is 24.9. The molecule has 0 aliphatic heterocycles. The Morgan fingerprint density at radius 2 is 1.81 bits per heavy atom. The fourth-order valence-corrected chi connectivity index (χ4v) is 3.41. The summed E-state index contributed by atoms with van der Waals surface area (Å²) in [6.45, 7) is 5.12. The normalized spacial score (nSPS) is 9.92. The van der Waals surface area contributed by atoms with Gasteiger partial charge >= 0.3 is 0 Å². The number of alkyl halides is 2. The molecule has 0 spiro atoms. The molecular weight excluding hydrogens is 433 g/mol. The summed E-state index contributed by atoms with van der Waals surface area (Å²) in [6, 6.07) is 8.65. The number of fused-ring (bicyclic) bond motifs is 1. The van der Waals surface area contributed by atoms with Gasteiger partial charge in [0, 0.05) is 32.7 Å². The zero-order valence-electron chi connectivity index (χ0n) is 15.3. The summed E-state index contributed by atoms with van der Waals surface area (Å²) in [6.07, 6.45) is -2.64. The van der Waals surface area contributed by atoms with E-state index >= 15 is 0 Å². The van der Waals surface area contributed by atoms with Crippen LogP contribution >= 0.6 is 11.3 Å². The van der Waals surface area contributed by atoms with Crippen molar-refractivity contribution in [3.8, 4) is 16.9 Å². The summed E-state index contributed by atoms with van der Waals surface area (Å²) in [5, 5.41) is 12.1. The molecule has 139 valence electrons. The Morgan fingerprint density at radius 1 is 1.19 bits per heavy atom. The summed E-state index contributed by atoms with van der Waals surface area (Å²) < 4.78 is 27.1. The Balaban J connectivity index is 0.00000151. The van der Waals surface area contributed by atoms with Gasteiger partial charge in [-0.25, -0.2) is 8.78 Å². The average molecular weight is 455 g/mol. The van der Waals surface area contributed by atoms with Crippen LogP contribution in [0.2, 0.25) is 0 Å². The largest absolute Gasteiger partial charge is 0.506 e. The van der Waals surface area contributed by atoms with Crippen molar-refractivity contribution in [2.24, 2.45) is 0 Å². The van der Waals surface area contributed by atoms with Crippen molar-refractivity contribution in [1.29, 1.82) is 0 Å². The number of aromatic nitrogens is 1. The monoisotopic (exact) mass is 455 g/mol. The molecule has 1 aromatic carbocycles. The number of pyridine rings is 1. The molecule has 7 heteroatoms. The second-order valence-corrected chi connectivity index (χ2v) is 5.90. The number of nitrogens with zero attached hydrogens (tertiary/aromatic N) is 1. The van der Waals surface area contributed by atoms with Gasteiger partial charge in [-0.15, -0.1) is 11.3 Å². The molecule has 1 N–H and O–H groups in total. The van der Waals surface area contributed by atoms with Crippen molar-refractivity contribution in [3.63, 3.8) is 0 Å². The average Bonchev–Trinajstić information content (AvgIpc) is 3.05. The first-order chi connectivity index (χ1) is 11.5. The van der Waals surface area contributed by atoms with E-state index in [0.29, 0.717) is 15.8 Å². The van der Waals surface area contributed by atoms with Crippen LogP contribution in [0.5, 0.6) is 5.75 Å². The number of thiophene rings is 1. The molecule has 3 nitrogen and oxygen atoms in total. The molecule has 1 radical (unpaired) electrons. The Labute approximate surface area is 181 Å². The summed E-state index contributed by atoms with van der Waals surface area (Å²) in [5.41, 5.74) is 1.18. The maximum Gasteiger partial charge on any atom is 0.262 e. The SMILES string of the molecule is CC.Cc1ccccc1-c1c(O)c2sccc2n(CC(F)F)c1=O.[CH3-].[Y]. The third-order valence-corrected chi connectivity index (χ3v) is 4.49. The van der Waals surface area contributed by atoms with E-state index in [-0.39, 0.29) is 51.4 Å². The number of benzene rings is 1. The van der Waals surface area contributed by atoms with Crippen molar-refractivity contribution in [1.82, 2.24) is 4.57 Å². The molecule has 0 fully saturated rings. The van der Waals surface area contributed by atoms with E-state index in [1.54, 1.807) is 23.6 Å². The van der Waals surface area contributed by atoms with Crippen LogP contribution in [0.1, 0.15) is 19.4 Å². The van der Waals surface area contributed by atoms with Gasteiger partial charge in [0.05, 0.1) is 22.3 Å². The topological polar surface area (TPSA) is 42.2 Å². The van der Waals surface area contributed by atoms with Crippen molar-refractivity contribution in [3.05, 3.63) is 59.1 Å². The second kappa shape index (κ2) is 10.9. The second-order valence-electron chi connectivity index (χ2n) is 4.98. The van der Waals surface area contributed by atoms with Crippen molar-refractivity contribution < 1.29 is 46.6 Å². The van der Waals surface area contributed by atoms with E-state index in [4.69, 9.17) is 0 Å². The third-order valence-electron chi connectivity index (χ3n) is 3.58. The molecule has 3 rings (SSSR count). The van der Waals surface area contributed by atoms with Crippen LogP contribution in [0.25, 0.3) is 21.3 Å². The zero-order chi connectivity index (χ0) is 17.9. The van der Waals surface area contributed by atoms with Crippen LogP contribution < -0.4 is 5.56 Å². The fourth-order valence-electron chi connectivity index (χ4n) is 2.57. The van der Waals surface area contributed by atoms with Crippen LogP contribution in [0.4, 0.5) is 8.78 Å². The van der Waals surface area contributed by atoms with Gasteiger partial charge in [-0.05, 0) is 29.5 Å². The van der Waals surface area contributed by atoms with Gasteiger partial charge in [0.1, 0.15) is 5.75 Å². The van der Waals surface area contributed by atoms with Crippen LogP contribution in [0.15, 0.2) is 40.5 Å². The first-order valence-electron chi connectivity index (χ1n) is 7.68. The van der Waals surface area contributed by atoms with E-state index in [1.807, 2.05) is 32.9 Å². The van der Waals surface area contributed by atoms with E-state index in [1.165, 1.54) is 11.3 Å². The van der Waals surface area contributed by atoms with E-state index in [9.17, 15) is 18.7 Å². The molecule has 0 aliphatic rings. The molecule has 0 bridgehead atoms. The van der Waals surface area contributed by atoms with E-state index < -0.39 is 18.5 Å². The number of hydrogen-bond donors (Lipinski definition) is 1. The molecule has 0 saturated carbocycles. The van der Waals surface area contributed by atoms with Gasteiger partial charge in [0.2, 0.25) is 0 Å². The molecular formula is C19H22F2NO2SY-. The Hall–Kier alpha value is -1.11. The van der Waals surface area contributed by atoms with Crippen molar-refractivity contribution in [2.75, 3.05) is 0 Å². The molecule has 3 aromatic rings. The molecule has 0 unspecified atom stereocenters. The molecule has 0 aliphatic carbocycles. The van der Waals surface area contributed by atoms with Gasteiger partial charge in [-0.3, -0.25) is 4.79 Å². The van der Waals surface area contributed by atoms with Crippen LogP contribution in [-0.2, 0) is 39.3 Å². The van der Waals surface area contributed by atoms with Crippen molar-refractivity contribution >= 4 is 21.6 Å². The first-order valence-corrected chi connectivity index (χ1v) is 8.55. The number of hydrogen-bond acceptors (Lipinski definition) is 3. The zero-order valence-corrected chi connectivity index (χ0v) is 18.9. The minimum absolute atomic E-state index is 0. The smallest absolute Gasteiger partial charge is 0.262 e. The summed E-state index contributed by atoms with van der Waals surface area (Å²) in [7, 11) is 0. The molecule has 26 heavy (non-hydrogen) atoms. The van der Waals surface area contributed by atoms with Gasteiger partial charge in [-0.1, -0.05) is 38.1 Å². The summed E-state index contributed by atoms with van der Waals surface area (Å²) in [5.74, 6) is -0.144. The third kappa shape index (κ3) is 4.78. The molecule has 0 atom stereocenters. The van der Waals surface area contributed by atoms with Gasteiger partial charge in [-0.2, -0.15) is 0 Å². The maximum absolute atomic E-state index is 12.8. The number of aryl methyl sites for hydroxylation is 1. The molecule has 2 aromatic heterocycles. The summed E-state index contributed by atoms with van der Waals surface area (Å²) in [4.78, 5) is 12.7. The quantitative estimate of drug-likeness (QED) is 0.532. The predicted molar refractivity (Wildman–Crippen MR) is 102 cm³/mol. The molecule has 0 saturated heterocycles. The minimum atomic E-state index is -2.64. The molecule has 2 heterocycles. The van der Waals surface area contributed by atoms with Gasteiger partial charge in [0.15, 0.2) is 0 Å². The standard InChI is InChI=1S/C16H13F2NO2S.C2H6.CH3.Y/c1-9-4-2-3-5-10(9)13-14(20)15-11(6-7-22-15)19(16(13)21)8-12(17)18;1-2;;/h2-7,12,20H,8H2,1H3;1-2H3;1H3;/q;;-1;. The summed E-state index contributed by atoms with van der Waals surface area (Å²) >= 11 is 1.22. The number of aromatic hydroxyl groups is 1. The number of halogens is 2.